The number of fused-ring (bicyclic) bond motifs is 4. The van der Waals surface area contributed by atoms with Crippen LogP contribution < -0.4 is 4.90 Å². The molecule has 5 heterocycles. The van der Waals surface area contributed by atoms with Gasteiger partial charge in [0.05, 0.1) is 25.9 Å². The highest BCUT2D eigenvalue weighted by atomic mass is 16.5. The average Bonchev–Trinajstić information content (AvgIpc) is 3.37. The predicted molar refractivity (Wildman–Crippen MR) is 154 cm³/mol. The summed E-state index contributed by atoms with van der Waals surface area (Å²) in [4.78, 5) is 70.9. The van der Waals surface area contributed by atoms with Crippen molar-refractivity contribution < 1.29 is 28.7 Å². The fourth-order valence-corrected chi connectivity index (χ4v) is 6.03. The maximum atomic E-state index is 13.4. The van der Waals surface area contributed by atoms with Crippen LogP contribution in [0.4, 0.5) is 11.8 Å². The highest BCUT2D eigenvalue weighted by Gasteiger charge is 2.33. The molecule has 2 amide bonds. The Balaban J connectivity index is 1.43. The lowest BCUT2D eigenvalue weighted by molar-refractivity contribution is -0.158. The molecule has 6 rings (SSSR count). The summed E-state index contributed by atoms with van der Waals surface area (Å²) < 4.78 is 11.5. The van der Waals surface area contributed by atoms with Crippen LogP contribution in [-0.4, -0.2) is 73.9 Å². The van der Waals surface area contributed by atoms with E-state index in [0.717, 1.165) is 61.1 Å². The van der Waals surface area contributed by atoms with Crippen molar-refractivity contribution in [2.45, 2.75) is 51.6 Å². The van der Waals surface area contributed by atoms with Crippen LogP contribution in [0, 0.1) is 5.92 Å². The number of pyridine rings is 2. The molecule has 0 radical (unpaired) electrons. The number of esters is 2. The molecule has 0 N–H and O–H groups in total. The molecule has 2 aliphatic rings. The molecule has 0 unspecified atom stereocenters. The summed E-state index contributed by atoms with van der Waals surface area (Å²) in [6.07, 6.45) is 9.71. The van der Waals surface area contributed by atoms with Crippen LogP contribution in [0.25, 0.3) is 21.9 Å². The molecule has 4 aromatic heterocycles. The first-order chi connectivity index (χ1) is 20.8. The van der Waals surface area contributed by atoms with E-state index in [1.165, 1.54) is 4.90 Å². The van der Waals surface area contributed by atoms with Gasteiger partial charge in [0.25, 0.3) is 0 Å². The van der Waals surface area contributed by atoms with Crippen molar-refractivity contribution in [3.05, 3.63) is 48.0 Å². The van der Waals surface area contributed by atoms with E-state index in [4.69, 9.17) is 9.72 Å². The van der Waals surface area contributed by atoms with Crippen LogP contribution in [0.2, 0.25) is 0 Å². The lowest BCUT2D eigenvalue weighted by Gasteiger charge is -2.29. The smallest absolute Gasteiger partial charge is 0.397 e. The number of methoxy groups -OCH3 is 2. The zero-order chi connectivity index (χ0) is 30.2. The van der Waals surface area contributed by atoms with E-state index in [9.17, 15) is 19.2 Å². The van der Waals surface area contributed by atoms with Gasteiger partial charge < -0.3 is 18.9 Å². The summed E-state index contributed by atoms with van der Waals surface area (Å²) in [5.41, 5.74) is 2.90. The third-order valence-electron chi connectivity index (χ3n) is 8.36. The number of carbonyl (C=O) groups excluding carboxylic acids is 4. The van der Waals surface area contributed by atoms with Gasteiger partial charge in [-0.05, 0) is 49.3 Å². The van der Waals surface area contributed by atoms with E-state index in [-0.39, 0.29) is 30.9 Å². The number of nitrogens with zero attached hydrogens (tertiary/aromatic N) is 7. The Bertz CT molecular complexity index is 1760. The third-order valence-corrected chi connectivity index (χ3v) is 8.36. The van der Waals surface area contributed by atoms with Crippen LogP contribution in [0.3, 0.4) is 0 Å². The first-order valence-corrected chi connectivity index (χ1v) is 14.2. The van der Waals surface area contributed by atoms with Crippen LogP contribution >= 0.6 is 0 Å². The summed E-state index contributed by atoms with van der Waals surface area (Å²) in [6, 6.07) is 5.39. The molecular weight excluding hydrogens is 554 g/mol. The molecule has 1 fully saturated rings. The molecule has 1 aliphatic heterocycles. The van der Waals surface area contributed by atoms with Crippen molar-refractivity contribution in [1.82, 2.24) is 29.4 Å². The SMILES string of the molecule is COC(=O)C(=O)N1CCc2nc(N(C(=O)C(=O)OC)c3ncc4c5ccncc5n([C@H]5CC[C@H](C)CC5)c4n3)ccc2C1. The van der Waals surface area contributed by atoms with E-state index < -0.39 is 23.8 Å². The zero-order valence-corrected chi connectivity index (χ0v) is 24.1. The lowest BCUT2D eigenvalue weighted by atomic mass is 9.87. The van der Waals surface area contributed by atoms with Crippen molar-refractivity contribution in [2.75, 3.05) is 25.7 Å². The van der Waals surface area contributed by atoms with Crippen molar-refractivity contribution >= 4 is 57.5 Å². The minimum Gasteiger partial charge on any atom is -0.462 e. The van der Waals surface area contributed by atoms with Gasteiger partial charge in [-0.15, -0.1) is 0 Å². The first kappa shape index (κ1) is 28.2. The minimum atomic E-state index is -1.09. The predicted octanol–water partition coefficient (Wildman–Crippen LogP) is 3.02. The average molecular weight is 586 g/mol. The molecule has 13 nitrogen and oxygen atoms in total. The molecule has 13 heteroatoms. The topological polar surface area (TPSA) is 150 Å². The number of carbonyl (C=O) groups is 4. The Kier molecular flexibility index (Phi) is 7.46. The van der Waals surface area contributed by atoms with E-state index >= 15 is 0 Å². The van der Waals surface area contributed by atoms with Crippen molar-refractivity contribution in [3.63, 3.8) is 0 Å². The zero-order valence-electron chi connectivity index (χ0n) is 24.1. The fourth-order valence-electron chi connectivity index (χ4n) is 6.03. The number of hydrogen-bond donors (Lipinski definition) is 0. The minimum absolute atomic E-state index is 0.0187. The van der Waals surface area contributed by atoms with Gasteiger partial charge in [0.1, 0.15) is 11.5 Å². The highest BCUT2D eigenvalue weighted by Crippen LogP contribution is 2.39. The molecule has 1 aliphatic carbocycles. The molecule has 0 saturated heterocycles. The number of aromatic nitrogens is 5. The Hall–Kier alpha value is -4.94. The van der Waals surface area contributed by atoms with Crippen LogP contribution in [0.5, 0.6) is 0 Å². The molecular formula is C30H31N7O6. The Morgan fingerprint density at radius 1 is 0.930 bits per heavy atom. The van der Waals surface area contributed by atoms with Gasteiger partial charge in [-0.25, -0.2) is 24.5 Å². The van der Waals surface area contributed by atoms with E-state index in [1.54, 1.807) is 24.5 Å². The van der Waals surface area contributed by atoms with Crippen molar-refractivity contribution in [1.29, 1.82) is 0 Å². The van der Waals surface area contributed by atoms with Gasteiger partial charge >= 0.3 is 23.8 Å². The van der Waals surface area contributed by atoms with Crippen LogP contribution in [0.1, 0.15) is 49.9 Å². The van der Waals surface area contributed by atoms with Crippen LogP contribution in [-0.2, 0) is 41.6 Å². The van der Waals surface area contributed by atoms with E-state index in [2.05, 4.69) is 31.2 Å². The van der Waals surface area contributed by atoms with Gasteiger partial charge in [-0.2, -0.15) is 4.98 Å². The second kappa shape index (κ2) is 11.4. The summed E-state index contributed by atoms with van der Waals surface area (Å²) in [6.45, 7) is 2.65. The third kappa shape index (κ3) is 5.04. The van der Waals surface area contributed by atoms with Gasteiger partial charge in [0, 0.05) is 54.4 Å². The molecule has 0 bridgehead atoms. The summed E-state index contributed by atoms with van der Waals surface area (Å²) in [5.74, 6) is -2.99. The maximum absolute atomic E-state index is 13.4. The number of amides is 2. The molecule has 0 atom stereocenters. The Morgan fingerprint density at radius 2 is 1.70 bits per heavy atom. The summed E-state index contributed by atoms with van der Waals surface area (Å²) >= 11 is 0. The van der Waals surface area contributed by atoms with Gasteiger partial charge in [0.2, 0.25) is 5.95 Å². The molecule has 43 heavy (non-hydrogen) atoms. The van der Waals surface area contributed by atoms with Gasteiger partial charge in [-0.1, -0.05) is 13.0 Å². The second-order valence-corrected chi connectivity index (χ2v) is 11.0. The van der Waals surface area contributed by atoms with Gasteiger partial charge in [0.15, 0.2) is 0 Å². The lowest BCUT2D eigenvalue weighted by Crippen LogP contribution is -2.41. The monoisotopic (exact) mass is 585 g/mol. The van der Waals surface area contributed by atoms with Gasteiger partial charge in [-0.3, -0.25) is 14.6 Å². The highest BCUT2D eigenvalue weighted by molar-refractivity contribution is 6.39. The summed E-state index contributed by atoms with van der Waals surface area (Å²) in [7, 11) is 2.29. The number of ether oxygens (including phenoxy) is 2. The Labute approximate surface area is 246 Å². The normalized spacial score (nSPS) is 18.3. The van der Waals surface area contributed by atoms with Crippen molar-refractivity contribution in [3.8, 4) is 0 Å². The number of hydrogen-bond acceptors (Lipinski definition) is 10. The number of rotatable bonds is 3. The van der Waals surface area contributed by atoms with E-state index in [1.807, 2.05) is 12.3 Å². The second-order valence-electron chi connectivity index (χ2n) is 11.0. The fraction of sp³-hybridized carbons (Fsp3) is 0.400. The Morgan fingerprint density at radius 3 is 2.44 bits per heavy atom. The molecule has 4 aromatic rings. The molecule has 0 aromatic carbocycles. The molecule has 0 spiro atoms. The van der Waals surface area contributed by atoms with Crippen molar-refractivity contribution in [2.24, 2.45) is 5.92 Å². The van der Waals surface area contributed by atoms with Crippen LogP contribution in [0.15, 0.2) is 36.8 Å². The molecule has 222 valence electrons. The summed E-state index contributed by atoms with van der Waals surface area (Å²) in [5, 5.41) is 1.78. The van der Waals surface area contributed by atoms with E-state index in [0.29, 0.717) is 29.2 Å². The quantitative estimate of drug-likeness (QED) is 0.259. The largest absolute Gasteiger partial charge is 0.462 e. The number of anilines is 2. The standard InChI is InChI=1S/C30H31N7O6/c1-17-4-7-19(8-5-17)36-23-15-31-12-10-20(23)21-14-32-30(34-25(21)36)37(27(39)29(41)43-3)24-9-6-18-16-35(13-11-22(18)33-24)26(38)28(40)42-2/h6,9-10,12,14-15,17,19H,4-5,7-8,11,13,16H2,1-3H3/t17-,19-. The first-order valence-electron chi connectivity index (χ1n) is 14.2. The maximum Gasteiger partial charge on any atom is 0.397 e. The molecule has 1 saturated carbocycles.